The summed E-state index contributed by atoms with van der Waals surface area (Å²) in [5.74, 6) is 0.883. The van der Waals surface area contributed by atoms with E-state index in [0.29, 0.717) is 24.5 Å². The molecule has 3 heterocycles. The molecule has 0 spiro atoms. The number of halogens is 1. The molecule has 2 aliphatic rings. The van der Waals surface area contributed by atoms with Crippen molar-refractivity contribution in [3.8, 4) is 5.95 Å². The lowest BCUT2D eigenvalue weighted by molar-refractivity contribution is 0.0153. The van der Waals surface area contributed by atoms with Crippen molar-refractivity contribution in [2.75, 3.05) is 13.1 Å². The van der Waals surface area contributed by atoms with Gasteiger partial charge in [0.2, 0.25) is 5.95 Å². The van der Waals surface area contributed by atoms with E-state index in [9.17, 15) is 9.59 Å². The Balaban J connectivity index is 1.47. The maximum Gasteiger partial charge on any atom is 0.410 e. The van der Waals surface area contributed by atoms with Crippen molar-refractivity contribution in [1.82, 2.24) is 29.3 Å². The van der Waals surface area contributed by atoms with E-state index in [1.807, 2.05) is 6.92 Å². The van der Waals surface area contributed by atoms with Crippen LogP contribution in [0.1, 0.15) is 49.3 Å². The number of carbonyl (C=O) groups excluding carboxylic acids is 2. The van der Waals surface area contributed by atoms with Gasteiger partial charge in [0.15, 0.2) is 0 Å². The molecule has 2 amide bonds. The van der Waals surface area contributed by atoms with E-state index in [4.69, 9.17) is 4.74 Å². The number of nitrogens with zero attached hydrogens (tertiary/aromatic N) is 6. The predicted octanol–water partition coefficient (Wildman–Crippen LogP) is 2.53. The van der Waals surface area contributed by atoms with Crippen LogP contribution in [-0.4, -0.2) is 78.8 Å². The molecule has 2 aromatic rings. The number of carbonyl (C=O) groups is 2. The highest BCUT2D eigenvalue weighted by atomic mass is 19.1. The van der Waals surface area contributed by atoms with Crippen molar-refractivity contribution in [1.29, 1.82) is 0 Å². The minimum atomic E-state index is -1.34. The lowest BCUT2D eigenvalue weighted by Gasteiger charge is -2.40. The van der Waals surface area contributed by atoms with Crippen LogP contribution < -0.4 is 0 Å². The molecule has 0 radical (unpaired) electrons. The first-order valence-corrected chi connectivity index (χ1v) is 10.6. The van der Waals surface area contributed by atoms with Crippen molar-refractivity contribution in [2.45, 2.75) is 64.4 Å². The molecule has 2 aromatic heterocycles. The molecule has 1 aliphatic carbocycles. The van der Waals surface area contributed by atoms with Gasteiger partial charge >= 0.3 is 6.09 Å². The fraction of sp³-hybridized carbons (Fsp3) is 0.571. The standard InChI is InChI=1S/C21H27FN6O3/c1-13(2)31-21(30)26-8-6-18(17(22)12-26)28(16-4-5-16)19(29)15-10-24-20(25-11-15)27-9-7-23-14(27)3/h7,9-11,13,16-18H,4-6,8,12H2,1-3H3/t17-,18?/m1/s1. The molecule has 10 heteroatoms. The van der Waals surface area contributed by atoms with E-state index in [1.54, 1.807) is 35.7 Å². The zero-order chi connectivity index (χ0) is 22.1. The summed E-state index contributed by atoms with van der Waals surface area (Å²) in [5.41, 5.74) is 0.322. The van der Waals surface area contributed by atoms with Crippen molar-refractivity contribution in [3.05, 3.63) is 36.2 Å². The van der Waals surface area contributed by atoms with Crippen LogP contribution in [0.15, 0.2) is 24.8 Å². The summed E-state index contributed by atoms with van der Waals surface area (Å²) < 4.78 is 22.0. The van der Waals surface area contributed by atoms with E-state index in [2.05, 4.69) is 15.0 Å². The zero-order valence-corrected chi connectivity index (χ0v) is 17.9. The smallest absolute Gasteiger partial charge is 0.410 e. The highest BCUT2D eigenvalue weighted by molar-refractivity contribution is 5.94. The summed E-state index contributed by atoms with van der Waals surface area (Å²) in [5, 5.41) is 0. The molecule has 4 rings (SSSR count). The molecule has 1 saturated carbocycles. The molecule has 0 aromatic carbocycles. The second kappa shape index (κ2) is 8.60. The fourth-order valence-electron chi connectivity index (χ4n) is 3.88. The lowest BCUT2D eigenvalue weighted by atomic mass is 10.0. The molecule has 1 aliphatic heterocycles. The maximum absolute atomic E-state index is 15.1. The van der Waals surface area contributed by atoms with Gasteiger partial charge in [0.25, 0.3) is 5.91 Å². The van der Waals surface area contributed by atoms with E-state index >= 15 is 4.39 Å². The molecular weight excluding hydrogens is 403 g/mol. The highest BCUT2D eigenvalue weighted by Crippen LogP contribution is 2.34. The van der Waals surface area contributed by atoms with Crippen LogP contribution in [0.25, 0.3) is 5.95 Å². The molecule has 2 fully saturated rings. The molecule has 1 saturated heterocycles. The van der Waals surface area contributed by atoms with E-state index < -0.39 is 18.3 Å². The van der Waals surface area contributed by atoms with Gasteiger partial charge in [0, 0.05) is 37.4 Å². The quantitative estimate of drug-likeness (QED) is 0.724. The number of ether oxygens (including phenoxy) is 1. The van der Waals surface area contributed by atoms with Gasteiger partial charge < -0.3 is 14.5 Å². The molecule has 0 N–H and O–H groups in total. The SMILES string of the molecule is Cc1nccn1-c1ncc(C(=O)N(C2CC2)C2CCN(C(=O)OC(C)C)C[C@H]2F)cn1. The first-order valence-electron chi connectivity index (χ1n) is 10.6. The number of piperidine rings is 1. The highest BCUT2D eigenvalue weighted by Gasteiger charge is 2.44. The van der Waals surface area contributed by atoms with Crippen molar-refractivity contribution < 1.29 is 18.7 Å². The third kappa shape index (κ3) is 4.52. The Morgan fingerprint density at radius 3 is 2.45 bits per heavy atom. The van der Waals surface area contributed by atoms with Gasteiger partial charge in [-0.3, -0.25) is 9.36 Å². The van der Waals surface area contributed by atoms with Gasteiger partial charge in [-0.15, -0.1) is 0 Å². The summed E-state index contributed by atoms with van der Waals surface area (Å²) >= 11 is 0. The first-order chi connectivity index (χ1) is 14.8. The number of amides is 2. The number of hydrogen-bond acceptors (Lipinski definition) is 6. The third-order valence-corrected chi connectivity index (χ3v) is 5.56. The molecule has 0 bridgehead atoms. The van der Waals surface area contributed by atoms with E-state index in [-0.39, 0.29) is 24.6 Å². The van der Waals surface area contributed by atoms with Crippen LogP contribution in [0.4, 0.5) is 9.18 Å². The molecular formula is C21H27FN6O3. The molecule has 2 atom stereocenters. The van der Waals surface area contributed by atoms with Crippen molar-refractivity contribution in [3.63, 3.8) is 0 Å². The molecule has 1 unspecified atom stereocenters. The average molecular weight is 430 g/mol. The Morgan fingerprint density at radius 1 is 1.19 bits per heavy atom. The summed E-state index contributed by atoms with van der Waals surface area (Å²) in [7, 11) is 0. The normalized spacial score (nSPS) is 21.3. The van der Waals surface area contributed by atoms with Crippen LogP contribution in [0, 0.1) is 6.92 Å². The summed E-state index contributed by atoms with van der Waals surface area (Å²) in [6.07, 6.45) is 6.29. The third-order valence-electron chi connectivity index (χ3n) is 5.56. The number of likely N-dealkylation sites (tertiary alicyclic amines) is 1. The maximum atomic E-state index is 15.1. The minimum Gasteiger partial charge on any atom is -0.447 e. The number of aromatic nitrogens is 4. The summed E-state index contributed by atoms with van der Waals surface area (Å²) in [4.78, 5) is 41.1. The Labute approximate surface area is 180 Å². The van der Waals surface area contributed by atoms with Gasteiger partial charge in [0.05, 0.1) is 24.3 Å². The average Bonchev–Trinajstić information content (AvgIpc) is 3.48. The Hall–Kier alpha value is -3.04. The number of alkyl halides is 1. The van der Waals surface area contributed by atoms with Gasteiger partial charge in [0.1, 0.15) is 12.0 Å². The Bertz CT molecular complexity index is 943. The summed E-state index contributed by atoms with van der Waals surface area (Å²) in [6.45, 7) is 5.62. The van der Waals surface area contributed by atoms with Crippen molar-refractivity contribution in [2.24, 2.45) is 0 Å². The lowest BCUT2D eigenvalue weighted by Crippen LogP contribution is -2.56. The number of rotatable bonds is 5. The Kier molecular flexibility index (Phi) is 5.88. The van der Waals surface area contributed by atoms with Gasteiger partial charge in [-0.1, -0.05) is 0 Å². The number of imidazole rings is 1. The summed E-state index contributed by atoms with van der Waals surface area (Å²) in [6, 6.07) is -0.570. The largest absolute Gasteiger partial charge is 0.447 e. The zero-order valence-electron chi connectivity index (χ0n) is 17.9. The second-order valence-corrected chi connectivity index (χ2v) is 8.31. The Morgan fingerprint density at radius 2 is 1.90 bits per heavy atom. The van der Waals surface area contributed by atoms with Crippen LogP contribution in [0.2, 0.25) is 0 Å². The predicted molar refractivity (Wildman–Crippen MR) is 110 cm³/mol. The second-order valence-electron chi connectivity index (χ2n) is 8.31. The number of hydrogen-bond donors (Lipinski definition) is 0. The van der Waals surface area contributed by atoms with Crippen LogP contribution in [0.3, 0.4) is 0 Å². The molecule has 166 valence electrons. The fourth-order valence-corrected chi connectivity index (χ4v) is 3.88. The van der Waals surface area contributed by atoms with Gasteiger partial charge in [-0.2, -0.15) is 0 Å². The van der Waals surface area contributed by atoms with Gasteiger partial charge in [-0.05, 0) is 40.0 Å². The first kappa shape index (κ1) is 21.2. The monoisotopic (exact) mass is 430 g/mol. The van der Waals surface area contributed by atoms with Crippen molar-refractivity contribution >= 4 is 12.0 Å². The molecule has 31 heavy (non-hydrogen) atoms. The number of aryl methyl sites for hydroxylation is 1. The molecule has 9 nitrogen and oxygen atoms in total. The van der Waals surface area contributed by atoms with Crippen LogP contribution in [-0.2, 0) is 4.74 Å². The van der Waals surface area contributed by atoms with Crippen LogP contribution >= 0.6 is 0 Å². The van der Waals surface area contributed by atoms with Crippen LogP contribution in [0.5, 0.6) is 0 Å². The van der Waals surface area contributed by atoms with Gasteiger partial charge in [-0.25, -0.2) is 24.1 Å². The van der Waals surface area contributed by atoms with E-state index in [0.717, 1.165) is 18.7 Å². The minimum absolute atomic E-state index is 0.0143. The van der Waals surface area contributed by atoms with E-state index in [1.165, 1.54) is 17.3 Å². The topological polar surface area (TPSA) is 93.5 Å².